The first-order chi connectivity index (χ1) is 9.88. The molecular formula is C17H29N2PS. The number of hydrogen-bond donors (Lipinski definition) is 1. The molecule has 1 aliphatic rings. The average Bonchev–Trinajstić information content (AvgIpc) is 2.50. The highest BCUT2D eigenvalue weighted by molar-refractivity contribution is 8.07. The van der Waals surface area contributed by atoms with E-state index >= 15 is 0 Å². The summed E-state index contributed by atoms with van der Waals surface area (Å²) in [5.74, 6) is 0. The summed E-state index contributed by atoms with van der Waals surface area (Å²) < 4.78 is 0. The molecule has 0 spiro atoms. The molecule has 0 bridgehead atoms. The van der Waals surface area contributed by atoms with Gasteiger partial charge < -0.3 is 10.6 Å². The Labute approximate surface area is 136 Å². The number of thioether (sulfide) groups is 1. The lowest BCUT2D eigenvalue weighted by molar-refractivity contribution is 0.294. The molecule has 2 nitrogen and oxygen atoms in total. The van der Waals surface area contributed by atoms with E-state index in [4.69, 9.17) is 5.73 Å². The van der Waals surface area contributed by atoms with Crippen molar-refractivity contribution in [2.24, 2.45) is 5.73 Å². The Kier molecular flexibility index (Phi) is 7.62. The smallest absolute Gasteiger partial charge is 0.0428 e. The Morgan fingerprint density at radius 3 is 2.33 bits per heavy atom. The first-order valence-corrected chi connectivity index (χ1v) is 9.70. The van der Waals surface area contributed by atoms with Gasteiger partial charge in [-0.25, -0.2) is 0 Å². The van der Waals surface area contributed by atoms with Gasteiger partial charge in [0.05, 0.1) is 0 Å². The summed E-state index contributed by atoms with van der Waals surface area (Å²) >= 11 is 1.67. The van der Waals surface area contributed by atoms with E-state index in [2.05, 4.69) is 38.1 Å². The van der Waals surface area contributed by atoms with E-state index < -0.39 is 0 Å². The van der Waals surface area contributed by atoms with Gasteiger partial charge in [-0.15, -0.1) is 8.58 Å². The maximum absolute atomic E-state index is 5.90. The monoisotopic (exact) mass is 324 g/mol. The molecule has 0 atom stereocenters. The molecule has 0 unspecified atom stereocenters. The molecule has 1 fully saturated rings. The highest BCUT2D eigenvalue weighted by Crippen LogP contribution is 2.36. The van der Waals surface area contributed by atoms with Crippen LogP contribution in [0.4, 0.5) is 0 Å². The van der Waals surface area contributed by atoms with Crippen LogP contribution in [0.5, 0.6) is 0 Å². The van der Waals surface area contributed by atoms with Crippen LogP contribution in [0.2, 0.25) is 0 Å². The Bertz CT molecular complexity index is 455. The predicted octanol–water partition coefficient (Wildman–Crippen LogP) is 4.68. The maximum atomic E-state index is 5.90. The second kappa shape index (κ2) is 8.70. The summed E-state index contributed by atoms with van der Waals surface area (Å²) in [5.41, 5.74) is 8.92. The fourth-order valence-electron chi connectivity index (χ4n) is 2.35. The topological polar surface area (TPSA) is 29.3 Å². The molecule has 0 aromatic carbocycles. The predicted molar refractivity (Wildman–Crippen MR) is 101 cm³/mol. The van der Waals surface area contributed by atoms with Crippen molar-refractivity contribution in [1.82, 2.24) is 4.90 Å². The van der Waals surface area contributed by atoms with Gasteiger partial charge in [0, 0.05) is 34.3 Å². The summed E-state index contributed by atoms with van der Waals surface area (Å²) in [6.07, 6.45) is 7.37. The molecule has 2 N–H and O–H groups in total. The Morgan fingerprint density at radius 1 is 1.29 bits per heavy atom. The van der Waals surface area contributed by atoms with Crippen molar-refractivity contribution < 1.29 is 0 Å². The van der Waals surface area contributed by atoms with Crippen LogP contribution in [-0.4, -0.2) is 30.3 Å². The zero-order valence-corrected chi connectivity index (χ0v) is 15.6. The molecule has 1 saturated heterocycles. The van der Waals surface area contributed by atoms with Crippen LogP contribution in [0.15, 0.2) is 46.0 Å². The fraction of sp³-hybridized carbons (Fsp3) is 0.529. The second-order valence-electron chi connectivity index (χ2n) is 5.52. The van der Waals surface area contributed by atoms with Gasteiger partial charge in [0.1, 0.15) is 0 Å². The fourth-order valence-corrected chi connectivity index (χ4v) is 4.63. The van der Waals surface area contributed by atoms with Crippen LogP contribution >= 0.6 is 20.3 Å². The van der Waals surface area contributed by atoms with Gasteiger partial charge in [0.2, 0.25) is 0 Å². The van der Waals surface area contributed by atoms with E-state index in [9.17, 15) is 0 Å². The lowest BCUT2D eigenvalue weighted by Crippen LogP contribution is -2.33. The van der Waals surface area contributed by atoms with Crippen molar-refractivity contribution in [2.75, 3.05) is 19.4 Å². The van der Waals surface area contributed by atoms with E-state index in [0.29, 0.717) is 6.04 Å². The quantitative estimate of drug-likeness (QED) is 0.568. The van der Waals surface area contributed by atoms with Gasteiger partial charge in [-0.05, 0) is 51.5 Å². The molecule has 1 rings (SSSR count). The van der Waals surface area contributed by atoms with Gasteiger partial charge in [-0.3, -0.25) is 0 Å². The van der Waals surface area contributed by atoms with Gasteiger partial charge >= 0.3 is 0 Å². The summed E-state index contributed by atoms with van der Waals surface area (Å²) in [6, 6.07) is 0.623. The van der Waals surface area contributed by atoms with Crippen LogP contribution in [0.3, 0.4) is 0 Å². The highest BCUT2D eigenvalue weighted by atomic mass is 32.2. The summed E-state index contributed by atoms with van der Waals surface area (Å²) in [6.45, 7) is 14.5. The number of nitrogens with zero attached hydrogens (tertiary/aromatic N) is 1. The summed E-state index contributed by atoms with van der Waals surface area (Å²) in [7, 11) is 3.30. The molecule has 1 heterocycles. The molecule has 0 aromatic rings. The zero-order valence-electron chi connectivity index (χ0n) is 13.8. The third-order valence-electron chi connectivity index (χ3n) is 4.06. The van der Waals surface area contributed by atoms with E-state index in [1.165, 1.54) is 30.1 Å². The number of likely N-dealkylation sites (N-methyl/N-ethyl adjacent to an activating group) is 1. The summed E-state index contributed by atoms with van der Waals surface area (Å²) in [4.78, 5) is 4.50. The lowest BCUT2D eigenvalue weighted by Gasteiger charge is -2.34. The maximum Gasteiger partial charge on any atom is 0.0428 e. The molecule has 0 aliphatic carbocycles. The number of hydrogen-bond acceptors (Lipinski definition) is 3. The van der Waals surface area contributed by atoms with Gasteiger partial charge in [-0.1, -0.05) is 31.0 Å². The van der Waals surface area contributed by atoms with Crippen molar-refractivity contribution in [3.63, 3.8) is 0 Å². The molecular weight excluding hydrogens is 295 g/mol. The number of allylic oxidation sites excluding steroid dienone is 3. The van der Waals surface area contributed by atoms with E-state index in [0.717, 1.165) is 30.5 Å². The molecule has 118 valence electrons. The minimum absolute atomic E-state index is 0.623. The van der Waals surface area contributed by atoms with Crippen molar-refractivity contribution in [3.05, 3.63) is 46.0 Å². The van der Waals surface area contributed by atoms with Crippen molar-refractivity contribution >= 4 is 20.3 Å². The van der Waals surface area contributed by atoms with Crippen LogP contribution < -0.4 is 5.73 Å². The van der Waals surface area contributed by atoms with Crippen LogP contribution in [-0.2, 0) is 0 Å². The third-order valence-corrected chi connectivity index (χ3v) is 6.59. The minimum atomic E-state index is 0.623. The van der Waals surface area contributed by atoms with Gasteiger partial charge in [0.15, 0.2) is 0 Å². The van der Waals surface area contributed by atoms with Crippen LogP contribution in [0, 0.1) is 0 Å². The SMILES string of the molecule is C=C(SC(=C\C)/C(C)=C(/C)N)C(=C)N(C)C1CCPCC1. The molecule has 4 heteroatoms. The molecule has 1 aliphatic heterocycles. The van der Waals surface area contributed by atoms with Crippen molar-refractivity contribution in [3.8, 4) is 0 Å². The third kappa shape index (κ3) is 5.23. The van der Waals surface area contributed by atoms with Crippen LogP contribution in [0.25, 0.3) is 0 Å². The Balaban J connectivity index is 2.69. The normalized spacial score (nSPS) is 21.9. The Morgan fingerprint density at radius 2 is 1.86 bits per heavy atom. The molecule has 0 saturated carbocycles. The minimum Gasteiger partial charge on any atom is -0.402 e. The number of rotatable bonds is 6. The summed E-state index contributed by atoms with van der Waals surface area (Å²) in [5, 5.41) is 0. The van der Waals surface area contributed by atoms with E-state index in [1.807, 2.05) is 13.8 Å². The molecule has 21 heavy (non-hydrogen) atoms. The second-order valence-corrected chi connectivity index (χ2v) is 8.16. The molecule has 0 amide bonds. The van der Waals surface area contributed by atoms with Gasteiger partial charge in [-0.2, -0.15) is 0 Å². The molecule has 0 radical (unpaired) electrons. The van der Waals surface area contributed by atoms with E-state index in [1.54, 1.807) is 11.8 Å². The zero-order chi connectivity index (χ0) is 16.0. The Hall–Kier alpha value is -0.660. The number of nitrogens with two attached hydrogens (primary N) is 1. The average molecular weight is 324 g/mol. The van der Waals surface area contributed by atoms with Crippen LogP contribution in [0.1, 0.15) is 33.6 Å². The first-order valence-electron chi connectivity index (χ1n) is 7.47. The van der Waals surface area contributed by atoms with Crippen molar-refractivity contribution in [2.45, 2.75) is 39.7 Å². The standard InChI is InChI=1S/C17H29N2PS/c1-7-17(12(2)13(3)18)21-15(5)14(4)19(6)16-8-10-20-11-9-16/h7,16,20H,4-5,8-11,18H2,1-3,6H3/b13-12-,17-7-. The largest absolute Gasteiger partial charge is 0.402 e. The highest BCUT2D eigenvalue weighted by Gasteiger charge is 2.20. The molecule has 0 aromatic heterocycles. The first kappa shape index (κ1) is 18.4. The lowest BCUT2D eigenvalue weighted by atomic mass is 10.1. The van der Waals surface area contributed by atoms with Crippen molar-refractivity contribution in [1.29, 1.82) is 0 Å². The van der Waals surface area contributed by atoms with Gasteiger partial charge in [0.25, 0.3) is 0 Å². The van der Waals surface area contributed by atoms with E-state index in [-0.39, 0.29) is 0 Å².